The Hall–Kier alpha value is -2.73. The number of carbonyl (C=O) groups is 3. The van der Waals surface area contributed by atoms with Crippen molar-refractivity contribution in [3.05, 3.63) is 84.2 Å². The first-order valence-corrected chi connectivity index (χ1v) is 14.1. The van der Waals surface area contributed by atoms with Crippen molar-refractivity contribution in [1.82, 2.24) is 5.32 Å². The lowest BCUT2D eigenvalue weighted by atomic mass is 10.1. The van der Waals surface area contributed by atoms with Gasteiger partial charge < -0.3 is 16.0 Å². The third kappa shape index (κ3) is 7.22. The highest BCUT2D eigenvalue weighted by atomic mass is 79.9. The van der Waals surface area contributed by atoms with Gasteiger partial charge in [0.05, 0.1) is 25.0 Å². The number of rotatable bonds is 10. The molecular formula is C27H27Br3N4O4. The number of hydrogen-bond donors (Lipinski definition) is 4. The average Bonchev–Trinajstić information content (AvgIpc) is 2.91. The Morgan fingerprint density at radius 1 is 0.711 bits per heavy atom. The Morgan fingerprint density at radius 3 is 1.71 bits per heavy atom. The van der Waals surface area contributed by atoms with Gasteiger partial charge in [0.15, 0.2) is 0 Å². The van der Waals surface area contributed by atoms with Gasteiger partial charge in [-0.1, -0.05) is 29.8 Å². The van der Waals surface area contributed by atoms with E-state index in [1.165, 1.54) is 7.11 Å². The summed E-state index contributed by atoms with van der Waals surface area (Å²) < 4.78 is 2.58. The quantitative estimate of drug-likeness (QED) is 0.175. The van der Waals surface area contributed by atoms with Crippen LogP contribution in [0.2, 0.25) is 0 Å². The molecule has 0 fully saturated rings. The standard InChI is InChI=1S/C27H27Br3N4O4/c1-4-19-22(28)20(5-2)24(30)25(23(19)29)33-21(35)14-31-26(36)15-6-10-17(11-7-15)32-27(37)16-8-12-18(13-9-16)34-38-3/h6-13,34H,4-5,14H2,1-3H3,(H,31,36)(H,32,37)(H,33,35). The van der Waals surface area contributed by atoms with Crippen LogP contribution in [0.4, 0.5) is 17.1 Å². The molecule has 0 radical (unpaired) electrons. The highest BCUT2D eigenvalue weighted by Crippen LogP contribution is 2.42. The normalized spacial score (nSPS) is 10.6. The molecule has 0 heterocycles. The predicted molar refractivity (Wildman–Crippen MR) is 161 cm³/mol. The van der Waals surface area contributed by atoms with Crippen molar-refractivity contribution < 1.29 is 19.2 Å². The lowest BCUT2D eigenvalue weighted by Crippen LogP contribution is -2.33. The maximum absolute atomic E-state index is 12.7. The van der Waals surface area contributed by atoms with Crippen molar-refractivity contribution in [2.75, 3.05) is 29.8 Å². The molecule has 0 unspecified atom stereocenters. The van der Waals surface area contributed by atoms with Gasteiger partial charge in [0.1, 0.15) is 0 Å². The number of benzene rings is 3. The molecule has 0 atom stereocenters. The van der Waals surface area contributed by atoms with Crippen LogP contribution in [0, 0.1) is 0 Å². The summed E-state index contributed by atoms with van der Waals surface area (Å²) in [6.45, 7) is 3.88. The van der Waals surface area contributed by atoms with Crippen LogP contribution in [0.5, 0.6) is 0 Å². The molecule has 4 N–H and O–H groups in total. The van der Waals surface area contributed by atoms with Gasteiger partial charge in [-0.25, -0.2) is 0 Å². The average molecular weight is 711 g/mol. The second-order valence-electron chi connectivity index (χ2n) is 8.13. The van der Waals surface area contributed by atoms with Crippen LogP contribution in [0.25, 0.3) is 0 Å². The molecule has 8 nitrogen and oxygen atoms in total. The molecule has 0 aromatic heterocycles. The first-order chi connectivity index (χ1) is 18.2. The minimum absolute atomic E-state index is 0.205. The Labute approximate surface area is 246 Å². The van der Waals surface area contributed by atoms with E-state index in [-0.39, 0.29) is 18.4 Å². The molecule has 3 amide bonds. The van der Waals surface area contributed by atoms with Crippen molar-refractivity contribution in [2.24, 2.45) is 0 Å². The van der Waals surface area contributed by atoms with Crippen molar-refractivity contribution in [2.45, 2.75) is 26.7 Å². The van der Waals surface area contributed by atoms with E-state index in [4.69, 9.17) is 4.84 Å². The molecule has 11 heteroatoms. The predicted octanol–water partition coefficient (Wildman–Crippen LogP) is 6.69. The molecule has 3 rings (SSSR count). The van der Waals surface area contributed by atoms with E-state index in [9.17, 15) is 14.4 Å². The fraction of sp³-hybridized carbons (Fsp3) is 0.222. The largest absolute Gasteiger partial charge is 0.343 e. The lowest BCUT2D eigenvalue weighted by Gasteiger charge is -2.19. The summed E-state index contributed by atoms with van der Waals surface area (Å²) in [7, 11) is 1.51. The first kappa shape index (κ1) is 29.8. The highest BCUT2D eigenvalue weighted by molar-refractivity contribution is 9.11. The Kier molecular flexibility index (Phi) is 10.9. The zero-order valence-corrected chi connectivity index (χ0v) is 25.8. The van der Waals surface area contributed by atoms with Crippen LogP contribution in [0.1, 0.15) is 45.7 Å². The molecule has 0 saturated heterocycles. The van der Waals surface area contributed by atoms with Crippen LogP contribution in [-0.2, 0) is 22.5 Å². The number of nitrogens with one attached hydrogen (secondary N) is 4. The molecular weight excluding hydrogens is 684 g/mol. The number of hydrogen-bond acceptors (Lipinski definition) is 5. The van der Waals surface area contributed by atoms with Gasteiger partial charge in [0, 0.05) is 30.2 Å². The summed E-state index contributed by atoms with van der Waals surface area (Å²) in [6.07, 6.45) is 1.55. The second-order valence-corrected chi connectivity index (χ2v) is 10.5. The van der Waals surface area contributed by atoms with Crippen molar-refractivity contribution >= 4 is 82.6 Å². The van der Waals surface area contributed by atoms with E-state index in [0.717, 1.165) is 43.1 Å². The van der Waals surface area contributed by atoms with E-state index in [1.54, 1.807) is 48.5 Å². The molecule has 0 saturated carbocycles. The number of carbonyl (C=O) groups excluding carboxylic acids is 3. The summed E-state index contributed by atoms with van der Waals surface area (Å²) >= 11 is 10.9. The second kappa shape index (κ2) is 13.9. The van der Waals surface area contributed by atoms with E-state index in [2.05, 4.69) is 69.2 Å². The Balaban J connectivity index is 1.58. The van der Waals surface area contributed by atoms with Gasteiger partial charge >= 0.3 is 0 Å². The first-order valence-electron chi connectivity index (χ1n) is 11.8. The monoisotopic (exact) mass is 708 g/mol. The third-order valence-corrected chi connectivity index (χ3v) is 8.36. The summed E-state index contributed by atoms with van der Waals surface area (Å²) in [5.74, 6) is -1.05. The molecule has 0 aliphatic heterocycles. The number of amides is 3. The third-order valence-electron chi connectivity index (χ3n) is 5.65. The molecule has 0 spiro atoms. The minimum atomic E-state index is -0.406. The molecule has 0 aliphatic rings. The Bertz CT molecular complexity index is 1300. The lowest BCUT2D eigenvalue weighted by molar-refractivity contribution is -0.115. The smallest absolute Gasteiger partial charge is 0.255 e. The summed E-state index contributed by atoms with van der Waals surface area (Å²) in [5, 5.41) is 8.31. The van der Waals surface area contributed by atoms with E-state index < -0.39 is 5.91 Å². The number of halogens is 3. The number of anilines is 3. The maximum atomic E-state index is 12.7. The van der Waals surface area contributed by atoms with Crippen LogP contribution in [-0.4, -0.2) is 31.4 Å². The summed E-state index contributed by atoms with van der Waals surface area (Å²) in [6, 6.07) is 13.2. The van der Waals surface area contributed by atoms with Gasteiger partial charge in [-0.05, 0) is 104 Å². The molecule has 38 heavy (non-hydrogen) atoms. The van der Waals surface area contributed by atoms with Crippen LogP contribution >= 0.6 is 47.8 Å². The SMILES string of the molecule is CCc1c(Br)c(CC)c(Br)c(NC(=O)CNC(=O)c2ccc(NC(=O)c3ccc(NOC)cc3)cc2)c1Br. The van der Waals surface area contributed by atoms with E-state index >= 15 is 0 Å². The minimum Gasteiger partial charge on any atom is -0.343 e. The maximum Gasteiger partial charge on any atom is 0.255 e. The van der Waals surface area contributed by atoms with Crippen LogP contribution in [0.3, 0.4) is 0 Å². The fourth-order valence-electron chi connectivity index (χ4n) is 3.67. The van der Waals surface area contributed by atoms with Crippen LogP contribution < -0.4 is 21.4 Å². The van der Waals surface area contributed by atoms with Gasteiger partial charge in [-0.2, -0.15) is 0 Å². The van der Waals surface area contributed by atoms with Gasteiger partial charge in [0.25, 0.3) is 11.8 Å². The topological polar surface area (TPSA) is 109 Å². The zero-order valence-electron chi connectivity index (χ0n) is 21.0. The van der Waals surface area contributed by atoms with E-state index in [1.807, 2.05) is 13.8 Å². The summed E-state index contributed by atoms with van der Waals surface area (Å²) in [4.78, 5) is 42.6. The molecule has 0 bridgehead atoms. The highest BCUT2D eigenvalue weighted by Gasteiger charge is 2.20. The molecule has 3 aromatic carbocycles. The molecule has 0 aliphatic carbocycles. The zero-order chi connectivity index (χ0) is 27.8. The van der Waals surface area contributed by atoms with E-state index in [0.29, 0.717) is 22.5 Å². The van der Waals surface area contributed by atoms with Gasteiger partial charge in [-0.3, -0.25) is 24.7 Å². The van der Waals surface area contributed by atoms with Gasteiger partial charge in [0.2, 0.25) is 5.91 Å². The Morgan fingerprint density at radius 2 is 1.21 bits per heavy atom. The molecule has 3 aromatic rings. The van der Waals surface area contributed by atoms with Crippen molar-refractivity contribution in [3.63, 3.8) is 0 Å². The fourth-order valence-corrected chi connectivity index (χ4v) is 6.97. The van der Waals surface area contributed by atoms with Crippen molar-refractivity contribution in [1.29, 1.82) is 0 Å². The van der Waals surface area contributed by atoms with Crippen LogP contribution in [0.15, 0.2) is 61.9 Å². The molecule has 200 valence electrons. The van der Waals surface area contributed by atoms with Gasteiger partial charge in [-0.15, -0.1) is 0 Å². The van der Waals surface area contributed by atoms with Crippen molar-refractivity contribution in [3.8, 4) is 0 Å². The summed E-state index contributed by atoms with van der Waals surface area (Å²) in [5.41, 5.74) is 7.51.